The van der Waals surface area contributed by atoms with Gasteiger partial charge in [0.1, 0.15) is 0 Å². The molecule has 0 saturated heterocycles. The van der Waals surface area contributed by atoms with Gasteiger partial charge in [-0.15, -0.1) is 0 Å². The van der Waals surface area contributed by atoms with Crippen LogP contribution >= 0.6 is 11.3 Å². The minimum atomic E-state index is -3.55. The molecular formula is C17H23NO3S2. The van der Waals surface area contributed by atoms with Crippen LogP contribution in [0.4, 0.5) is 0 Å². The Morgan fingerprint density at radius 2 is 1.83 bits per heavy atom. The summed E-state index contributed by atoms with van der Waals surface area (Å²) in [4.78, 5) is 0.246. The van der Waals surface area contributed by atoms with E-state index in [4.69, 9.17) is 0 Å². The molecule has 4 nitrogen and oxygen atoms in total. The summed E-state index contributed by atoms with van der Waals surface area (Å²) < 4.78 is 27.1. The zero-order chi connectivity index (χ0) is 17.1. The van der Waals surface area contributed by atoms with Gasteiger partial charge in [-0.2, -0.15) is 11.3 Å². The van der Waals surface area contributed by atoms with Gasteiger partial charge in [-0.1, -0.05) is 32.9 Å². The average Bonchev–Trinajstić information content (AvgIpc) is 3.00. The largest absolute Gasteiger partial charge is 0.388 e. The highest BCUT2D eigenvalue weighted by Gasteiger charge is 2.18. The van der Waals surface area contributed by atoms with E-state index in [1.165, 1.54) is 11.3 Å². The Labute approximate surface area is 142 Å². The van der Waals surface area contributed by atoms with Crippen LogP contribution in [0.3, 0.4) is 0 Å². The fourth-order valence-corrected chi connectivity index (χ4v) is 3.93. The highest BCUT2D eigenvalue weighted by atomic mass is 32.2. The molecule has 2 rings (SSSR count). The molecular weight excluding hydrogens is 330 g/mol. The molecule has 6 heteroatoms. The predicted molar refractivity (Wildman–Crippen MR) is 94.2 cm³/mol. The van der Waals surface area contributed by atoms with E-state index in [9.17, 15) is 13.5 Å². The summed E-state index contributed by atoms with van der Waals surface area (Å²) in [7, 11) is -3.55. The predicted octanol–water partition coefficient (Wildman–Crippen LogP) is 3.45. The fraction of sp³-hybridized carbons (Fsp3) is 0.412. The number of nitrogens with one attached hydrogen (secondary N) is 1. The smallest absolute Gasteiger partial charge is 0.240 e. The van der Waals surface area contributed by atoms with Crippen LogP contribution < -0.4 is 4.72 Å². The van der Waals surface area contributed by atoms with Crippen LogP contribution in [-0.4, -0.2) is 20.1 Å². The molecule has 1 aromatic carbocycles. The first-order chi connectivity index (χ1) is 10.7. The van der Waals surface area contributed by atoms with Gasteiger partial charge in [-0.3, -0.25) is 0 Å². The number of aliphatic hydroxyl groups is 1. The van der Waals surface area contributed by atoms with Crippen molar-refractivity contribution in [3.8, 4) is 0 Å². The average molecular weight is 354 g/mol. The van der Waals surface area contributed by atoms with Crippen molar-refractivity contribution in [3.05, 3.63) is 52.2 Å². The third-order valence-electron chi connectivity index (χ3n) is 3.67. The second-order valence-corrected chi connectivity index (χ2v) is 9.08. The standard InChI is InChI=1S/C17H23NO3S2/c1-17(2,3)14-4-6-15(7-5-14)23(20,21)18-10-8-16(19)13-9-11-22-12-13/h4-7,9,11-12,16,18-19H,8,10H2,1-3H3. The Bertz CT molecular complexity index is 714. The maximum absolute atomic E-state index is 12.3. The van der Waals surface area contributed by atoms with E-state index in [1.807, 2.05) is 29.0 Å². The molecule has 0 aliphatic rings. The lowest BCUT2D eigenvalue weighted by atomic mass is 9.87. The molecule has 1 atom stereocenters. The number of benzene rings is 1. The Morgan fingerprint density at radius 3 is 2.35 bits per heavy atom. The van der Waals surface area contributed by atoms with E-state index in [0.717, 1.165) is 11.1 Å². The second kappa shape index (κ2) is 7.13. The van der Waals surface area contributed by atoms with Crippen molar-refractivity contribution in [1.29, 1.82) is 0 Å². The summed E-state index contributed by atoms with van der Waals surface area (Å²) in [5.41, 5.74) is 1.90. The van der Waals surface area contributed by atoms with Gasteiger partial charge in [0, 0.05) is 6.54 Å². The molecule has 0 bridgehead atoms. The van der Waals surface area contributed by atoms with E-state index in [-0.39, 0.29) is 16.9 Å². The molecule has 0 spiro atoms. The van der Waals surface area contributed by atoms with Crippen LogP contribution in [0.1, 0.15) is 44.4 Å². The molecule has 2 aromatic rings. The number of aliphatic hydroxyl groups excluding tert-OH is 1. The number of hydrogen-bond acceptors (Lipinski definition) is 4. The monoisotopic (exact) mass is 353 g/mol. The fourth-order valence-electron chi connectivity index (χ4n) is 2.18. The third-order valence-corrected chi connectivity index (χ3v) is 5.85. The van der Waals surface area contributed by atoms with Gasteiger partial charge in [0.05, 0.1) is 11.0 Å². The first-order valence-corrected chi connectivity index (χ1v) is 9.93. The zero-order valence-corrected chi connectivity index (χ0v) is 15.2. The Kier molecular flexibility index (Phi) is 5.62. The molecule has 1 heterocycles. The van der Waals surface area contributed by atoms with E-state index in [1.54, 1.807) is 12.1 Å². The Hall–Kier alpha value is -1.21. The van der Waals surface area contributed by atoms with Gasteiger partial charge >= 0.3 is 0 Å². The molecule has 1 aromatic heterocycles. The number of thiophene rings is 1. The molecule has 126 valence electrons. The molecule has 0 saturated carbocycles. The minimum absolute atomic E-state index is 0.0135. The molecule has 0 amide bonds. The van der Waals surface area contributed by atoms with Gasteiger partial charge in [-0.25, -0.2) is 13.1 Å². The van der Waals surface area contributed by atoms with E-state index in [2.05, 4.69) is 25.5 Å². The summed E-state index contributed by atoms with van der Waals surface area (Å²) in [6.07, 6.45) is -0.303. The van der Waals surface area contributed by atoms with Crippen LogP contribution in [0, 0.1) is 0 Å². The Balaban J connectivity index is 1.96. The lowest BCUT2D eigenvalue weighted by Gasteiger charge is -2.19. The molecule has 2 N–H and O–H groups in total. The van der Waals surface area contributed by atoms with Gasteiger partial charge in [-0.05, 0) is 51.9 Å². The number of sulfonamides is 1. The second-order valence-electron chi connectivity index (χ2n) is 6.53. The lowest BCUT2D eigenvalue weighted by Crippen LogP contribution is -2.26. The molecule has 0 fully saturated rings. The van der Waals surface area contributed by atoms with Crippen LogP contribution in [0.25, 0.3) is 0 Å². The van der Waals surface area contributed by atoms with Gasteiger partial charge in [0.25, 0.3) is 0 Å². The highest BCUT2D eigenvalue weighted by molar-refractivity contribution is 7.89. The SMILES string of the molecule is CC(C)(C)c1ccc(S(=O)(=O)NCCC(O)c2ccsc2)cc1. The van der Waals surface area contributed by atoms with Crippen molar-refractivity contribution < 1.29 is 13.5 Å². The lowest BCUT2D eigenvalue weighted by molar-refractivity contribution is 0.169. The van der Waals surface area contributed by atoms with Gasteiger partial charge < -0.3 is 5.11 Å². The van der Waals surface area contributed by atoms with Crippen molar-refractivity contribution in [2.75, 3.05) is 6.54 Å². The summed E-state index contributed by atoms with van der Waals surface area (Å²) in [6.45, 7) is 6.45. The maximum atomic E-state index is 12.3. The topological polar surface area (TPSA) is 66.4 Å². The first-order valence-electron chi connectivity index (χ1n) is 7.50. The van der Waals surface area contributed by atoms with E-state index < -0.39 is 16.1 Å². The number of hydrogen-bond donors (Lipinski definition) is 2. The first kappa shape index (κ1) is 18.1. The van der Waals surface area contributed by atoms with Crippen LogP contribution in [0.2, 0.25) is 0 Å². The van der Waals surface area contributed by atoms with Crippen LogP contribution in [0.15, 0.2) is 46.0 Å². The van der Waals surface area contributed by atoms with E-state index in [0.29, 0.717) is 6.42 Å². The van der Waals surface area contributed by atoms with Crippen molar-refractivity contribution in [2.24, 2.45) is 0 Å². The molecule has 0 radical (unpaired) electrons. The van der Waals surface area contributed by atoms with Crippen LogP contribution in [0.5, 0.6) is 0 Å². The molecule has 23 heavy (non-hydrogen) atoms. The number of rotatable bonds is 6. The summed E-state index contributed by atoms with van der Waals surface area (Å²) in [5, 5.41) is 13.7. The van der Waals surface area contributed by atoms with Crippen LogP contribution in [-0.2, 0) is 15.4 Å². The summed E-state index contributed by atoms with van der Waals surface area (Å²) >= 11 is 1.51. The van der Waals surface area contributed by atoms with Crippen molar-refractivity contribution >= 4 is 21.4 Å². The van der Waals surface area contributed by atoms with Crippen molar-refractivity contribution in [2.45, 2.75) is 43.6 Å². The quantitative estimate of drug-likeness (QED) is 0.836. The summed E-state index contributed by atoms with van der Waals surface area (Å²) in [6, 6.07) is 8.77. The molecule has 1 unspecified atom stereocenters. The highest BCUT2D eigenvalue weighted by Crippen LogP contribution is 2.23. The zero-order valence-electron chi connectivity index (χ0n) is 13.6. The van der Waals surface area contributed by atoms with E-state index >= 15 is 0 Å². The van der Waals surface area contributed by atoms with Crippen molar-refractivity contribution in [1.82, 2.24) is 4.72 Å². The maximum Gasteiger partial charge on any atom is 0.240 e. The van der Waals surface area contributed by atoms with Gasteiger partial charge in [0.15, 0.2) is 0 Å². The van der Waals surface area contributed by atoms with Crippen molar-refractivity contribution in [3.63, 3.8) is 0 Å². The minimum Gasteiger partial charge on any atom is -0.388 e. The normalized spacial score (nSPS) is 13.9. The molecule has 0 aliphatic carbocycles. The third kappa shape index (κ3) is 4.88. The Morgan fingerprint density at radius 1 is 1.17 bits per heavy atom. The molecule has 0 aliphatic heterocycles. The van der Waals surface area contributed by atoms with Gasteiger partial charge in [0.2, 0.25) is 10.0 Å². The summed E-state index contributed by atoms with van der Waals surface area (Å²) in [5.74, 6) is 0.